The second-order valence-electron chi connectivity index (χ2n) is 7.95. The van der Waals surface area contributed by atoms with E-state index in [9.17, 15) is 14.4 Å². The van der Waals surface area contributed by atoms with Crippen LogP contribution in [0.3, 0.4) is 0 Å². The van der Waals surface area contributed by atoms with E-state index in [2.05, 4.69) is 4.98 Å². The zero-order valence-electron chi connectivity index (χ0n) is 18.7. The van der Waals surface area contributed by atoms with Crippen LogP contribution in [0.15, 0.2) is 53.1 Å². The van der Waals surface area contributed by atoms with Crippen LogP contribution in [0.5, 0.6) is 0 Å². The fourth-order valence-corrected chi connectivity index (χ4v) is 4.02. The van der Waals surface area contributed by atoms with E-state index in [0.717, 1.165) is 0 Å². The van der Waals surface area contributed by atoms with E-state index in [1.807, 2.05) is 12.1 Å². The number of likely N-dealkylation sites (tertiary alicyclic amines) is 1. The number of aromatic nitrogens is 1. The largest absolute Gasteiger partial charge is 0.466 e. The number of esters is 2. The third kappa shape index (κ3) is 4.89. The van der Waals surface area contributed by atoms with Gasteiger partial charge in [-0.3, -0.25) is 9.59 Å². The molecule has 1 unspecified atom stereocenters. The summed E-state index contributed by atoms with van der Waals surface area (Å²) in [5.41, 5.74) is 1.44. The van der Waals surface area contributed by atoms with Crippen molar-refractivity contribution in [1.82, 2.24) is 9.88 Å². The minimum absolute atomic E-state index is 0.199. The first-order chi connectivity index (χ1) is 16.0. The van der Waals surface area contributed by atoms with Crippen molar-refractivity contribution in [3.63, 3.8) is 0 Å². The Bertz CT molecular complexity index is 1150. The number of hydrogen-bond donors (Lipinski definition) is 0. The van der Waals surface area contributed by atoms with Crippen LogP contribution in [-0.4, -0.2) is 53.5 Å². The molecular weight excluding hydrogens is 424 g/mol. The minimum atomic E-state index is -0.962. The molecule has 4 rings (SSSR count). The molecule has 0 aliphatic carbocycles. The van der Waals surface area contributed by atoms with Gasteiger partial charge in [-0.2, -0.15) is 0 Å². The average Bonchev–Trinajstić information content (AvgIpc) is 3.38. The van der Waals surface area contributed by atoms with Crippen LogP contribution in [0.4, 0.5) is 0 Å². The maximum atomic E-state index is 13.1. The monoisotopic (exact) mass is 450 g/mol. The number of pyridine rings is 1. The summed E-state index contributed by atoms with van der Waals surface area (Å²) in [7, 11) is 0. The number of para-hydroxylation sites is 1. The average molecular weight is 450 g/mol. The first-order valence-corrected chi connectivity index (χ1v) is 11.1. The number of nitrogens with zero attached hydrogens (tertiary/aromatic N) is 2. The van der Waals surface area contributed by atoms with Crippen molar-refractivity contribution < 1.29 is 28.3 Å². The molecule has 0 saturated carbocycles. The fourth-order valence-electron chi connectivity index (χ4n) is 4.02. The van der Waals surface area contributed by atoms with Gasteiger partial charge in [0.25, 0.3) is 5.91 Å². The summed E-state index contributed by atoms with van der Waals surface area (Å²) in [6, 6.07) is 12.4. The maximum Gasteiger partial charge on any atom is 0.339 e. The smallest absolute Gasteiger partial charge is 0.339 e. The topological polar surface area (TPSA) is 98.9 Å². The van der Waals surface area contributed by atoms with Crippen LogP contribution in [0, 0.1) is 5.92 Å². The molecule has 0 bridgehead atoms. The molecular formula is C25H26N2O6. The number of fused-ring (bicyclic) bond motifs is 1. The van der Waals surface area contributed by atoms with Crippen LogP contribution < -0.4 is 0 Å². The molecule has 1 fully saturated rings. The third-order valence-corrected chi connectivity index (χ3v) is 5.77. The molecule has 33 heavy (non-hydrogen) atoms. The lowest BCUT2D eigenvalue weighted by Gasteiger charge is -2.32. The Morgan fingerprint density at radius 2 is 1.91 bits per heavy atom. The van der Waals surface area contributed by atoms with Crippen molar-refractivity contribution in [3.05, 3.63) is 54.3 Å². The fraction of sp³-hybridized carbons (Fsp3) is 0.360. The summed E-state index contributed by atoms with van der Waals surface area (Å²) in [5, 5.41) is 0.632. The zero-order valence-corrected chi connectivity index (χ0v) is 18.7. The molecule has 1 aliphatic heterocycles. The van der Waals surface area contributed by atoms with Gasteiger partial charge in [0.2, 0.25) is 0 Å². The highest BCUT2D eigenvalue weighted by atomic mass is 16.5. The predicted molar refractivity (Wildman–Crippen MR) is 120 cm³/mol. The van der Waals surface area contributed by atoms with Crippen molar-refractivity contribution >= 4 is 28.7 Å². The molecule has 3 aromatic rings. The first-order valence-electron chi connectivity index (χ1n) is 11.1. The van der Waals surface area contributed by atoms with Gasteiger partial charge in [-0.25, -0.2) is 9.78 Å². The summed E-state index contributed by atoms with van der Waals surface area (Å²) in [6.07, 6.45) is 1.64. The van der Waals surface area contributed by atoms with Gasteiger partial charge < -0.3 is 18.8 Å². The maximum absolute atomic E-state index is 13.1. The standard InChI is InChI=1S/C25H26N2O6/c1-3-31-24(29)17-10-12-27(13-11-17)23(28)16(2)33-25(30)19-15-21(22-9-6-14-32-22)26-20-8-5-4-7-18(19)20/h4-9,14-17H,3,10-13H2,1-2H3. The molecule has 1 amide bonds. The van der Waals surface area contributed by atoms with Crippen molar-refractivity contribution in [1.29, 1.82) is 0 Å². The highest BCUT2D eigenvalue weighted by Gasteiger charge is 2.31. The molecule has 1 atom stereocenters. The Labute approximate surface area is 191 Å². The number of hydrogen-bond acceptors (Lipinski definition) is 7. The number of amides is 1. The number of furan rings is 1. The summed E-state index contributed by atoms with van der Waals surface area (Å²) in [4.78, 5) is 44.1. The summed E-state index contributed by atoms with van der Waals surface area (Å²) in [5.74, 6) is -0.779. The normalized spacial score (nSPS) is 15.3. The van der Waals surface area contributed by atoms with Crippen LogP contribution >= 0.6 is 0 Å². The molecule has 1 saturated heterocycles. The minimum Gasteiger partial charge on any atom is -0.466 e. The number of rotatable bonds is 6. The molecule has 3 heterocycles. The highest BCUT2D eigenvalue weighted by Crippen LogP contribution is 2.26. The van der Waals surface area contributed by atoms with E-state index in [-0.39, 0.29) is 17.8 Å². The molecule has 1 aromatic carbocycles. The predicted octanol–water partition coefficient (Wildman–Crippen LogP) is 3.84. The molecule has 8 heteroatoms. The number of carbonyl (C=O) groups is 3. The Morgan fingerprint density at radius 3 is 2.61 bits per heavy atom. The van der Waals surface area contributed by atoms with Gasteiger partial charge >= 0.3 is 11.9 Å². The molecule has 1 aliphatic rings. The van der Waals surface area contributed by atoms with Gasteiger partial charge in [0.15, 0.2) is 11.9 Å². The van der Waals surface area contributed by atoms with Gasteiger partial charge in [0.1, 0.15) is 5.69 Å². The van der Waals surface area contributed by atoms with E-state index >= 15 is 0 Å². The van der Waals surface area contributed by atoms with Crippen LogP contribution in [0.25, 0.3) is 22.4 Å². The number of carbonyl (C=O) groups excluding carboxylic acids is 3. The SMILES string of the molecule is CCOC(=O)C1CCN(C(=O)C(C)OC(=O)c2cc(-c3ccco3)nc3ccccc23)CC1. The quantitative estimate of drug-likeness (QED) is 0.526. The zero-order chi connectivity index (χ0) is 23.4. The lowest BCUT2D eigenvalue weighted by molar-refractivity contribution is -0.152. The third-order valence-electron chi connectivity index (χ3n) is 5.77. The second-order valence-corrected chi connectivity index (χ2v) is 7.95. The van der Waals surface area contributed by atoms with Gasteiger partial charge in [-0.15, -0.1) is 0 Å². The number of benzene rings is 1. The van der Waals surface area contributed by atoms with Crippen molar-refractivity contribution in [2.75, 3.05) is 19.7 Å². The van der Waals surface area contributed by atoms with Crippen molar-refractivity contribution in [2.45, 2.75) is 32.8 Å². The Morgan fingerprint density at radius 1 is 1.15 bits per heavy atom. The summed E-state index contributed by atoms with van der Waals surface area (Å²) in [6.45, 7) is 4.52. The Kier molecular flexibility index (Phi) is 6.72. The Hall–Kier alpha value is -3.68. The van der Waals surface area contributed by atoms with Crippen molar-refractivity contribution in [2.24, 2.45) is 5.92 Å². The van der Waals surface area contributed by atoms with E-state index in [4.69, 9.17) is 13.9 Å². The molecule has 0 N–H and O–H groups in total. The number of ether oxygens (including phenoxy) is 2. The van der Waals surface area contributed by atoms with Crippen molar-refractivity contribution in [3.8, 4) is 11.5 Å². The molecule has 2 aromatic heterocycles. The Balaban J connectivity index is 1.47. The molecule has 0 spiro atoms. The summed E-state index contributed by atoms with van der Waals surface area (Å²) < 4.78 is 16.1. The van der Waals surface area contributed by atoms with Gasteiger partial charge in [-0.1, -0.05) is 18.2 Å². The highest BCUT2D eigenvalue weighted by molar-refractivity contribution is 6.05. The lowest BCUT2D eigenvalue weighted by Crippen LogP contribution is -2.45. The molecule has 0 radical (unpaired) electrons. The van der Waals surface area contributed by atoms with E-state index in [0.29, 0.717) is 60.5 Å². The lowest BCUT2D eigenvalue weighted by atomic mass is 9.96. The van der Waals surface area contributed by atoms with Crippen LogP contribution in [0.1, 0.15) is 37.0 Å². The molecule has 8 nitrogen and oxygen atoms in total. The second kappa shape index (κ2) is 9.85. The van der Waals surface area contributed by atoms with E-state index in [1.54, 1.807) is 49.1 Å². The van der Waals surface area contributed by atoms with Crippen LogP contribution in [-0.2, 0) is 19.1 Å². The first kappa shape index (κ1) is 22.5. The summed E-state index contributed by atoms with van der Waals surface area (Å²) >= 11 is 0. The van der Waals surface area contributed by atoms with Gasteiger partial charge in [0, 0.05) is 18.5 Å². The van der Waals surface area contributed by atoms with Crippen LogP contribution in [0.2, 0.25) is 0 Å². The van der Waals surface area contributed by atoms with Gasteiger partial charge in [-0.05, 0) is 51.0 Å². The number of piperidine rings is 1. The van der Waals surface area contributed by atoms with Gasteiger partial charge in [0.05, 0.1) is 29.9 Å². The van der Waals surface area contributed by atoms with E-state index < -0.39 is 12.1 Å². The molecule has 172 valence electrons. The van der Waals surface area contributed by atoms with E-state index in [1.165, 1.54) is 6.26 Å².